The molecule has 0 bridgehead atoms. The van der Waals surface area contributed by atoms with Crippen molar-refractivity contribution in [1.29, 1.82) is 0 Å². The minimum Gasteiger partial charge on any atom is -0.312 e. The molecule has 0 amide bonds. The molecule has 4 aliphatic rings. The summed E-state index contributed by atoms with van der Waals surface area (Å²) in [6, 6.07) is 1.76. The van der Waals surface area contributed by atoms with Crippen molar-refractivity contribution in [2.45, 2.75) is 76.3 Å². The molecule has 2 aliphatic carbocycles. The van der Waals surface area contributed by atoms with Crippen molar-refractivity contribution >= 4 is 0 Å². The van der Waals surface area contributed by atoms with Crippen LogP contribution in [0.4, 0.5) is 0 Å². The number of hydrogen-bond donors (Lipinski definition) is 1. The fourth-order valence-electron chi connectivity index (χ4n) is 5.58. The lowest BCUT2D eigenvalue weighted by atomic mass is 9.71. The van der Waals surface area contributed by atoms with E-state index in [0.29, 0.717) is 0 Å². The minimum absolute atomic E-state index is 0.807. The number of hydrogen-bond acceptors (Lipinski definition) is 2. The third-order valence-corrected chi connectivity index (χ3v) is 6.82. The highest BCUT2D eigenvalue weighted by molar-refractivity contribution is 4.97. The van der Waals surface area contributed by atoms with Crippen LogP contribution in [0.25, 0.3) is 0 Å². The van der Waals surface area contributed by atoms with Crippen LogP contribution in [0.15, 0.2) is 0 Å². The molecule has 2 aliphatic heterocycles. The molecule has 108 valence electrons. The first-order valence-corrected chi connectivity index (χ1v) is 8.82. The normalized spacial score (nSPS) is 39.8. The third-order valence-electron chi connectivity index (χ3n) is 6.82. The Balaban J connectivity index is 1.34. The summed E-state index contributed by atoms with van der Waals surface area (Å²) in [5.74, 6) is 0.969. The van der Waals surface area contributed by atoms with E-state index < -0.39 is 0 Å². The molecule has 2 atom stereocenters. The molecule has 0 aromatic heterocycles. The minimum atomic E-state index is 0.807. The fourth-order valence-corrected chi connectivity index (χ4v) is 5.58. The summed E-state index contributed by atoms with van der Waals surface area (Å²) in [5, 5.41) is 3.76. The molecule has 0 aromatic rings. The van der Waals surface area contributed by atoms with Gasteiger partial charge in [0.15, 0.2) is 0 Å². The van der Waals surface area contributed by atoms with Crippen LogP contribution in [0.5, 0.6) is 0 Å². The van der Waals surface area contributed by atoms with Gasteiger partial charge in [0.2, 0.25) is 0 Å². The van der Waals surface area contributed by atoms with Crippen molar-refractivity contribution in [2.24, 2.45) is 11.3 Å². The van der Waals surface area contributed by atoms with Crippen LogP contribution in [0.3, 0.4) is 0 Å². The van der Waals surface area contributed by atoms with E-state index in [-0.39, 0.29) is 0 Å². The van der Waals surface area contributed by atoms with E-state index in [1.54, 1.807) is 12.8 Å². The van der Waals surface area contributed by atoms with E-state index >= 15 is 0 Å². The largest absolute Gasteiger partial charge is 0.312 e. The highest BCUT2D eigenvalue weighted by Gasteiger charge is 2.42. The maximum atomic E-state index is 3.76. The molecule has 2 saturated heterocycles. The van der Waals surface area contributed by atoms with Gasteiger partial charge in [-0.05, 0) is 69.2 Å². The van der Waals surface area contributed by atoms with Crippen LogP contribution < -0.4 is 5.32 Å². The lowest BCUT2D eigenvalue weighted by Crippen LogP contribution is -2.42. The number of fused-ring (bicyclic) bond motifs is 1. The van der Waals surface area contributed by atoms with Crippen LogP contribution in [-0.4, -0.2) is 36.6 Å². The van der Waals surface area contributed by atoms with Gasteiger partial charge in [-0.3, -0.25) is 4.90 Å². The highest BCUT2D eigenvalue weighted by Crippen LogP contribution is 2.50. The quantitative estimate of drug-likeness (QED) is 0.781. The fraction of sp³-hybridized carbons (Fsp3) is 1.00. The number of rotatable bonds is 1. The molecule has 2 heterocycles. The molecule has 1 spiro atoms. The average molecular weight is 262 g/mol. The van der Waals surface area contributed by atoms with Gasteiger partial charge in [-0.15, -0.1) is 0 Å². The van der Waals surface area contributed by atoms with Crippen molar-refractivity contribution in [1.82, 2.24) is 10.2 Å². The van der Waals surface area contributed by atoms with E-state index in [9.17, 15) is 0 Å². The lowest BCUT2D eigenvalue weighted by Gasteiger charge is -2.40. The second-order valence-corrected chi connectivity index (χ2v) is 7.86. The van der Waals surface area contributed by atoms with Crippen molar-refractivity contribution in [3.05, 3.63) is 0 Å². The molecule has 4 fully saturated rings. The number of nitrogens with one attached hydrogen (secondary N) is 1. The van der Waals surface area contributed by atoms with Crippen molar-refractivity contribution in [2.75, 3.05) is 19.6 Å². The van der Waals surface area contributed by atoms with Crippen molar-refractivity contribution in [3.63, 3.8) is 0 Å². The lowest BCUT2D eigenvalue weighted by molar-refractivity contribution is 0.104. The van der Waals surface area contributed by atoms with Crippen molar-refractivity contribution in [3.8, 4) is 0 Å². The van der Waals surface area contributed by atoms with Gasteiger partial charge in [-0.1, -0.05) is 12.8 Å². The summed E-state index contributed by atoms with van der Waals surface area (Å²) >= 11 is 0. The molecule has 1 N–H and O–H groups in total. The molecule has 2 saturated carbocycles. The smallest absolute Gasteiger partial charge is 0.0235 e. The molecule has 4 rings (SSSR count). The molecule has 2 nitrogen and oxygen atoms in total. The molecule has 19 heavy (non-hydrogen) atoms. The van der Waals surface area contributed by atoms with Crippen LogP contribution >= 0.6 is 0 Å². The predicted octanol–water partition coefficient (Wildman–Crippen LogP) is 3.17. The summed E-state index contributed by atoms with van der Waals surface area (Å²) in [6.45, 7) is 4.01. The second-order valence-electron chi connectivity index (χ2n) is 7.86. The second kappa shape index (κ2) is 5.04. The van der Waals surface area contributed by atoms with Gasteiger partial charge in [0.05, 0.1) is 0 Å². The molecule has 0 radical (unpaired) electrons. The summed E-state index contributed by atoms with van der Waals surface area (Å²) < 4.78 is 0. The maximum Gasteiger partial charge on any atom is 0.0235 e. The Bertz CT molecular complexity index is 297. The van der Waals surface area contributed by atoms with Gasteiger partial charge < -0.3 is 5.32 Å². The van der Waals surface area contributed by atoms with Crippen LogP contribution in [0.2, 0.25) is 0 Å². The summed E-state index contributed by atoms with van der Waals surface area (Å²) in [7, 11) is 0. The van der Waals surface area contributed by atoms with E-state index in [2.05, 4.69) is 10.2 Å². The topological polar surface area (TPSA) is 15.3 Å². The highest BCUT2D eigenvalue weighted by atomic mass is 15.2. The zero-order valence-corrected chi connectivity index (χ0v) is 12.4. The predicted molar refractivity (Wildman–Crippen MR) is 79.2 cm³/mol. The first-order chi connectivity index (χ1) is 9.35. The van der Waals surface area contributed by atoms with Crippen molar-refractivity contribution < 1.29 is 0 Å². The Labute approximate surface area is 118 Å². The van der Waals surface area contributed by atoms with Gasteiger partial charge in [0.1, 0.15) is 0 Å². The van der Waals surface area contributed by atoms with Crippen LogP contribution in [-0.2, 0) is 0 Å². The monoisotopic (exact) mass is 262 g/mol. The molecular formula is C17H30N2. The van der Waals surface area contributed by atoms with E-state index in [1.807, 2.05) is 0 Å². The zero-order valence-electron chi connectivity index (χ0n) is 12.4. The van der Waals surface area contributed by atoms with Crippen LogP contribution in [0.1, 0.15) is 64.2 Å². The Hall–Kier alpha value is -0.0800. The van der Waals surface area contributed by atoms with Gasteiger partial charge in [0.25, 0.3) is 0 Å². The standard InChI is InChI=1S/C17H30N2/c1-2-8-17(7-1)9-5-15(6-10-17)19-12-14-4-3-11-18-16(14)13-19/h14-16,18H,1-13H2. The van der Waals surface area contributed by atoms with E-state index in [4.69, 9.17) is 0 Å². The first kappa shape index (κ1) is 12.6. The third kappa shape index (κ3) is 2.35. The number of likely N-dealkylation sites (tertiary alicyclic amines) is 1. The number of piperidine rings is 1. The molecular weight excluding hydrogens is 232 g/mol. The van der Waals surface area contributed by atoms with Gasteiger partial charge >= 0.3 is 0 Å². The average Bonchev–Trinajstić information content (AvgIpc) is 3.06. The zero-order chi connectivity index (χ0) is 12.7. The summed E-state index contributed by atoms with van der Waals surface area (Å²) in [5.41, 5.74) is 0.807. The Morgan fingerprint density at radius 3 is 2.37 bits per heavy atom. The SMILES string of the molecule is C1CNC2CN(C3CCC4(CCCC4)CC3)CC2C1. The number of nitrogens with zero attached hydrogens (tertiary/aromatic N) is 1. The molecule has 2 heteroatoms. The first-order valence-electron chi connectivity index (χ1n) is 8.82. The Morgan fingerprint density at radius 1 is 0.842 bits per heavy atom. The summed E-state index contributed by atoms with van der Waals surface area (Å²) in [6.07, 6.45) is 15.1. The van der Waals surface area contributed by atoms with Gasteiger partial charge in [-0.25, -0.2) is 0 Å². The molecule has 2 unspecified atom stereocenters. The van der Waals surface area contributed by atoms with E-state index in [1.165, 1.54) is 71.0 Å². The summed E-state index contributed by atoms with van der Waals surface area (Å²) in [4.78, 5) is 2.86. The van der Waals surface area contributed by atoms with Crippen LogP contribution in [0, 0.1) is 11.3 Å². The Morgan fingerprint density at radius 2 is 1.63 bits per heavy atom. The van der Waals surface area contributed by atoms with Gasteiger partial charge in [0, 0.05) is 25.2 Å². The maximum absolute atomic E-state index is 3.76. The van der Waals surface area contributed by atoms with E-state index in [0.717, 1.165) is 23.4 Å². The van der Waals surface area contributed by atoms with Gasteiger partial charge in [-0.2, -0.15) is 0 Å². The Kier molecular flexibility index (Phi) is 3.35. The molecule has 0 aromatic carbocycles.